The number of phenolic OH excluding ortho intramolecular Hbond substituents is 1. The Labute approximate surface area is 276 Å². The summed E-state index contributed by atoms with van der Waals surface area (Å²) in [6.45, 7) is 5.84. The van der Waals surface area contributed by atoms with Crippen LogP contribution in [0.4, 0.5) is 4.39 Å². The Bertz CT molecular complexity index is 1340. The van der Waals surface area contributed by atoms with Crippen LogP contribution in [0.15, 0.2) is 42.5 Å². The monoisotopic (exact) mass is 630 g/mol. The lowest BCUT2D eigenvalue weighted by Gasteiger charge is -2.54. The zero-order valence-electron chi connectivity index (χ0n) is 28.1. The van der Waals surface area contributed by atoms with Crippen LogP contribution in [-0.4, -0.2) is 46.4 Å². The third-order valence-corrected chi connectivity index (χ3v) is 11.9. The van der Waals surface area contributed by atoms with Crippen molar-refractivity contribution in [1.29, 1.82) is 5.26 Å². The number of fused-ring (bicyclic) bond motifs is 5. The standard InChI is InChI=1S/C40H55FN2O3/c1-3-4-5-6-8-11-22-43(39(46)29-16-14-28(27-42)15-17-29)23-12-9-7-10-13-30-24-31-25-32(44)18-19-33(31)38-35(41)26-40(2)34(37(30)38)20-21-36(40)45/h14-19,25,30,34-38,44-45H,3-13,20-24,26H2,1-2H3/t30?,34?,35?,36?,37?,38?,40-/m0/s1. The lowest BCUT2D eigenvalue weighted by Crippen LogP contribution is -2.51. The maximum atomic E-state index is 16.1. The van der Waals surface area contributed by atoms with Crippen molar-refractivity contribution in [3.63, 3.8) is 0 Å². The molecule has 2 N–H and O–H groups in total. The summed E-state index contributed by atoms with van der Waals surface area (Å²) in [5.74, 6) is 1.05. The molecule has 46 heavy (non-hydrogen) atoms. The molecule has 0 aromatic heterocycles. The van der Waals surface area contributed by atoms with Gasteiger partial charge in [-0.15, -0.1) is 0 Å². The quantitative estimate of drug-likeness (QED) is 0.192. The van der Waals surface area contributed by atoms with E-state index in [1.54, 1.807) is 30.3 Å². The zero-order valence-corrected chi connectivity index (χ0v) is 28.1. The minimum absolute atomic E-state index is 0.0492. The molecule has 5 rings (SSSR count). The number of carbonyl (C=O) groups excluding carboxylic acids is 1. The lowest BCUT2D eigenvalue weighted by atomic mass is 9.51. The molecule has 6 heteroatoms. The van der Waals surface area contributed by atoms with E-state index >= 15 is 4.39 Å². The molecule has 0 radical (unpaired) electrons. The summed E-state index contributed by atoms with van der Waals surface area (Å²) in [7, 11) is 0. The van der Waals surface area contributed by atoms with Crippen LogP contribution in [0.5, 0.6) is 5.75 Å². The molecule has 3 aliphatic carbocycles. The van der Waals surface area contributed by atoms with Crippen molar-refractivity contribution in [2.24, 2.45) is 23.2 Å². The van der Waals surface area contributed by atoms with Crippen molar-refractivity contribution in [2.75, 3.05) is 13.1 Å². The molecule has 2 saturated carbocycles. The van der Waals surface area contributed by atoms with E-state index in [0.29, 0.717) is 29.4 Å². The molecule has 0 aliphatic heterocycles. The molecule has 0 spiro atoms. The van der Waals surface area contributed by atoms with Crippen LogP contribution in [-0.2, 0) is 6.42 Å². The smallest absolute Gasteiger partial charge is 0.253 e. The molecule has 6 unspecified atom stereocenters. The van der Waals surface area contributed by atoms with Crippen LogP contribution >= 0.6 is 0 Å². The average Bonchev–Trinajstić information content (AvgIpc) is 3.35. The van der Waals surface area contributed by atoms with Crippen LogP contribution in [0, 0.1) is 34.5 Å². The highest BCUT2D eigenvalue weighted by Crippen LogP contribution is 2.63. The summed E-state index contributed by atoms with van der Waals surface area (Å²) in [6, 6.07) is 14.6. The third-order valence-electron chi connectivity index (χ3n) is 11.9. The van der Waals surface area contributed by atoms with Crippen LogP contribution in [0.3, 0.4) is 0 Å². The summed E-state index contributed by atoms with van der Waals surface area (Å²) < 4.78 is 16.1. The predicted molar refractivity (Wildman–Crippen MR) is 181 cm³/mol. The van der Waals surface area contributed by atoms with Gasteiger partial charge in [0.25, 0.3) is 5.91 Å². The summed E-state index contributed by atoms with van der Waals surface area (Å²) in [4.78, 5) is 15.4. The van der Waals surface area contributed by atoms with Gasteiger partial charge in [-0.25, -0.2) is 4.39 Å². The van der Waals surface area contributed by atoms with Gasteiger partial charge in [0, 0.05) is 24.6 Å². The SMILES string of the molecule is CCCCCCCCN(CCCCCCC1Cc2cc(O)ccc2C2C(F)C[C@]3(C)C(O)CCC3C12)C(=O)c1ccc(C#N)cc1. The fourth-order valence-corrected chi connectivity index (χ4v) is 9.36. The highest BCUT2D eigenvalue weighted by atomic mass is 19.1. The Hall–Kier alpha value is -2.91. The third kappa shape index (κ3) is 7.62. The maximum absolute atomic E-state index is 16.1. The second kappa shape index (κ2) is 15.8. The Morgan fingerprint density at radius 1 is 0.978 bits per heavy atom. The molecule has 0 bridgehead atoms. The number of amides is 1. The van der Waals surface area contributed by atoms with Crippen LogP contribution in [0.25, 0.3) is 0 Å². The number of alkyl halides is 1. The van der Waals surface area contributed by atoms with E-state index in [9.17, 15) is 15.0 Å². The number of halogens is 1. The molecule has 0 saturated heterocycles. The number of unbranched alkanes of at least 4 members (excludes halogenated alkanes) is 8. The number of aromatic hydroxyl groups is 1. The fraction of sp³-hybridized carbons (Fsp3) is 0.650. The second-order valence-corrected chi connectivity index (χ2v) is 14.8. The van der Waals surface area contributed by atoms with Gasteiger partial charge in [0.05, 0.1) is 17.7 Å². The number of aliphatic hydroxyl groups excluding tert-OH is 1. The van der Waals surface area contributed by atoms with E-state index in [0.717, 1.165) is 88.4 Å². The van der Waals surface area contributed by atoms with Gasteiger partial charge in [0.1, 0.15) is 11.9 Å². The van der Waals surface area contributed by atoms with Crippen LogP contribution < -0.4 is 0 Å². The van der Waals surface area contributed by atoms with Gasteiger partial charge < -0.3 is 15.1 Å². The number of hydrogen-bond acceptors (Lipinski definition) is 4. The molecule has 7 atom stereocenters. The largest absolute Gasteiger partial charge is 0.508 e. The Morgan fingerprint density at radius 3 is 2.35 bits per heavy atom. The molecular formula is C40H55FN2O3. The van der Waals surface area contributed by atoms with Crippen molar-refractivity contribution in [3.8, 4) is 11.8 Å². The van der Waals surface area contributed by atoms with Gasteiger partial charge in [-0.05, 0) is 116 Å². The van der Waals surface area contributed by atoms with Gasteiger partial charge in [-0.3, -0.25) is 4.79 Å². The van der Waals surface area contributed by atoms with E-state index in [2.05, 4.69) is 19.9 Å². The number of benzene rings is 2. The van der Waals surface area contributed by atoms with Crippen molar-refractivity contribution in [3.05, 3.63) is 64.7 Å². The molecular weight excluding hydrogens is 575 g/mol. The van der Waals surface area contributed by atoms with Gasteiger partial charge in [-0.2, -0.15) is 5.26 Å². The van der Waals surface area contributed by atoms with Crippen molar-refractivity contribution in [2.45, 2.75) is 128 Å². The number of phenols is 1. The Balaban J connectivity index is 1.17. The van der Waals surface area contributed by atoms with Crippen molar-refractivity contribution >= 4 is 5.91 Å². The maximum Gasteiger partial charge on any atom is 0.253 e. The highest BCUT2D eigenvalue weighted by Gasteiger charge is 2.59. The molecule has 2 aromatic rings. The molecule has 1 amide bonds. The number of aliphatic hydroxyl groups is 1. The number of nitrogens with zero attached hydrogens (tertiary/aromatic N) is 2. The summed E-state index contributed by atoms with van der Waals surface area (Å²) in [6.07, 6.45) is 13.9. The number of rotatable bonds is 15. The summed E-state index contributed by atoms with van der Waals surface area (Å²) in [5.41, 5.74) is 3.03. The van der Waals surface area contributed by atoms with Crippen molar-refractivity contribution < 1.29 is 19.4 Å². The van der Waals surface area contributed by atoms with E-state index in [-0.39, 0.29) is 28.9 Å². The second-order valence-electron chi connectivity index (χ2n) is 14.8. The summed E-state index contributed by atoms with van der Waals surface area (Å²) in [5, 5.41) is 30.3. The number of carbonyl (C=O) groups is 1. The van der Waals surface area contributed by atoms with Gasteiger partial charge in [-0.1, -0.05) is 71.3 Å². The first kappa shape index (κ1) is 34.4. The minimum Gasteiger partial charge on any atom is -0.508 e. The highest BCUT2D eigenvalue weighted by molar-refractivity contribution is 5.94. The van der Waals surface area contributed by atoms with Gasteiger partial charge >= 0.3 is 0 Å². The molecule has 2 fully saturated rings. The average molecular weight is 631 g/mol. The van der Waals surface area contributed by atoms with E-state index < -0.39 is 12.3 Å². The summed E-state index contributed by atoms with van der Waals surface area (Å²) >= 11 is 0. The molecule has 250 valence electrons. The van der Waals surface area contributed by atoms with Gasteiger partial charge in [0.2, 0.25) is 0 Å². The minimum atomic E-state index is -0.976. The van der Waals surface area contributed by atoms with Crippen molar-refractivity contribution in [1.82, 2.24) is 4.90 Å². The first-order valence-electron chi connectivity index (χ1n) is 18.2. The molecule has 0 heterocycles. The van der Waals surface area contributed by atoms with Crippen LogP contribution in [0.1, 0.15) is 137 Å². The van der Waals surface area contributed by atoms with Gasteiger partial charge in [0.15, 0.2) is 0 Å². The van der Waals surface area contributed by atoms with E-state index in [1.807, 2.05) is 17.0 Å². The topological polar surface area (TPSA) is 84.6 Å². The lowest BCUT2D eigenvalue weighted by molar-refractivity contribution is -0.0722. The van der Waals surface area contributed by atoms with Crippen LogP contribution in [0.2, 0.25) is 0 Å². The Kier molecular flexibility index (Phi) is 11.8. The normalized spacial score (nSPS) is 28.2. The molecule has 2 aromatic carbocycles. The van der Waals surface area contributed by atoms with E-state index in [4.69, 9.17) is 5.26 Å². The fourth-order valence-electron chi connectivity index (χ4n) is 9.36. The Morgan fingerprint density at radius 2 is 1.65 bits per heavy atom. The van der Waals surface area contributed by atoms with E-state index in [1.165, 1.54) is 25.7 Å². The number of nitriles is 1. The zero-order chi connectivity index (χ0) is 32.7. The molecule has 3 aliphatic rings. The first-order chi connectivity index (χ1) is 22.3. The molecule has 5 nitrogen and oxygen atoms in total. The first-order valence-corrected chi connectivity index (χ1v) is 18.2. The number of hydrogen-bond donors (Lipinski definition) is 2. The predicted octanol–water partition coefficient (Wildman–Crippen LogP) is 9.11.